The highest BCUT2D eigenvalue weighted by molar-refractivity contribution is 5.88. The van der Waals surface area contributed by atoms with Gasteiger partial charge < -0.3 is 9.84 Å². The molecule has 4 heteroatoms. The van der Waals surface area contributed by atoms with Gasteiger partial charge in [-0.3, -0.25) is 4.79 Å². The average molecular weight is 212 g/mol. The normalized spacial score (nSPS) is 28.4. The van der Waals surface area contributed by atoms with Crippen molar-refractivity contribution in [1.82, 2.24) is 0 Å². The quantitative estimate of drug-likeness (QED) is 0.568. The summed E-state index contributed by atoms with van der Waals surface area (Å²) in [7, 11) is 1.31. The number of methoxy groups -OCH3 is 1. The molecule has 1 aliphatic rings. The molecule has 1 saturated carbocycles. The molecule has 0 saturated heterocycles. The number of carbonyl (C=O) groups is 2. The maximum Gasteiger partial charge on any atom is 0.333 e. The minimum absolute atomic E-state index is 0.0749. The lowest BCUT2D eigenvalue weighted by molar-refractivity contribution is -0.139. The van der Waals surface area contributed by atoms with Crippen LogP contribution in [-0.2, 0) is 14.3 Å². The molecule has 1 rings (SSSR count). The minimum Gasteiger partial charge on any atom is -0.481 e. The third kappa shape index (κ3) is 2.03. The fraction of sp³-hybridized carbons (Fsp3) is 0.636. The smallest absolute Gasteiger partial charge is 0.333 e. The number of hydrogen-bond donors (Lipinski definition) is 1. The van der Waals surface area contributed by atoms with Crippen molar-refractivity contribution in [3.63, 3.8) is 0 Å². The summed E-state index contributed by atoms with van der Waals surface area (Å²) in [4.78, 5) is 22.0. The number of hydrogen-bond acceptors (Lipinski definition) is 3. The molecule has 0 heterocycles. The summed E-state index contributed by atoms with van der Waals surface area (Å²) < 4.78 is 4.55. The number of ether oxygens (including phenoxy) is 1. The molecule has 2 atom stereocenters. The zero-order chi connectivity index (χ0) is 11.8. The van der Waals surface area contributed by atoms with Gasteiger partial charge in [-0.1, -0.05) is 19.9 Å². The van der Waals surface area contributed by atoms with E-state index in [0.29, 0.717) is 5.57 Å². The molecule has 0 aromatic carbocycles. The van der Waals surface area contributed by atoms with Crippen molar-refractivity contribution in [2.24, 2.45) is 17.3 Å². The number of aliphatic carboxylic acids is 1. The Morgan fingerprint density at radius 3 is 2.27 bits per heavy atom. The van der Waals surface area contributed by atoms with Crippen LogP contribution in [0.25, 0.3) is 0 Å². The molecule has 0 bridgehead atoms. The van der Waals surface area contributed by atoms with Crippen molar-refractivity contribution in [2.75, 3.05) is 7.11 Å². The zero-order valence-corrected chi connectivity index (χ0v) is 9.40. The number of carboxylic acid groups (broad SMARTS) is 1. The van der Waals surface area contributed by atoms with Gasteiger partial charge in [-0.2, -0.15) is 0 Å². The fourth-order valence-corrected chi connectivity index (χ4v) is 1.96. The molecule has 0 spiro atoms. The number of allylic oxidation sites excluding steroid dienone is 1. The topological polar surface area (TPSA) is 63.6 Å². The number of carbonyl (C=O) groups excluding carboxylic acids is 1. The highest BCUT2D eigenvalue weighted by atomic mass is 16.5. The fourth-order valence-electron chi connectivity index (χ4n) is 1.96. The second kappa shape index (κ2) is 3.68. The third-order valence-electron chi connectivity index (χ3n) is 3.11. The monoisotopic (exact) mass is 212 g/mol. The Bertz CT molecular complexity index is 327. The van der Waals surface area contributed by atoms with Crippen LogP contribution in [0, 0.1) is 17.3 Å². The van der Waals surface area contributed by atoms with Gasteiger partial charge in [0.1, 0.15) is 0 Å². The van der Waals surface area contributed by atoms with Gasteiger partial charge in [-0.25, -0.2) is 4.79 Å². The van der Waals surface area contributed by atoms with Gasteiger partial charge >= 0.3 is 11.9 Å². The lowest BCUT2D eigenvalue weighted by Gasteiger charge is -1.99. The van der Waals surface area contributed by atoms with E-state index < -0.39 is 17.9 Å². The molecule has 1 N–H and O–H groups in total. The van der Waals surface area contributed by atoms with Gasteiger partial charge in [0.05, 0.1) is 13.0 Å². The van der Waals surface area contributed by atoms with E-state index in [1.54, 1.807) is 13.0 Å². The van der Waals surface area contributed by atoms with Crippen LogP contribution in [0.2, 0.25) is 0 Å². The van der Waals surface area contributed by atoms with Gasteiger partial charge in [0.2, 0.25) is 0 Å². The highest BCUT2D eigenvalue weighted by Gasteiger charge is 2.61. The van der Waals surface area contributed by atoms with E-state index in [9.17, 15) is 9.59 Å². The molecule has 15 heavy (non-hydrogen) atoms. The first-order chi connectivity index (χ1) is 6.82. The lowest BCUT2D eigenvalue weighted by atomic mass is 10.1. The molecule has 2 unspecified atom stereocenters. The Hall–Kier alpha value is -1.32. The molecule has 0 radical (unpaired) electrons. The molecule has 0 aromatic rings. The van der Waals surface area contributed by atoms with E-state index in [2.05, 4.69) is 4.74 Å². The maximum atomic E-state index is 11.1. The largest absolute Gasteiger partial charge is 0.481 e. The van der Waals surface area contributed by atoms with E-state index in [-0.39, 0.29) is 11.3 Å². The average Bonchev–Trinajstić information content (AvgIpc) is 2.66. The highest BCUT2D eigenvalue weighted by Crippen LogP contribution is 2.59. The van der Waals surface area contributed by atoms with E-state index in [1.807, 2.05) is 13.8 Å². The number of carboxylic acids is 1. The van der Waals surface area contributed by atoms with E-state index in [1.165, 1.54) is 7.11 Å². The van der Waals surface area contributed by atoms with Crippen LogP contribution in [0.4, 0.5) is 0 Å². The van der Waals surface area contributed by atoms with Gasteiger partial charge in [0, 0.05) is 5.57 Å². The molecule has 0 aliphatic heterocycles. The van der Waals surface area contributed by atoms with Gasteiger partial charge in [0.15, 0.2) is 0 Å². The van der Waals surface area contributed by atoms with Gasteiger partial charge in [-0.15, -0.1) is 0 Å². The Balaban J connectivity index is 2.78. The van der Waals surface area contributed by atoms with Crippen LogP contribution in [0.15, 0.2) is 11.6 Å². The van der Waals surface area contributed by atoms with Crippen molar-refractivity contribution < 1.29 is 19.4 Å². The first-order valence-electron chi connectivity index (χ1n) is 4.82. The molecule has 0 amide bonds. The summed E-state index contributed by atoms with van der Waals surface area (Å²) in [6, 6.07) is 0. The predicted molar refractivity (Wildman–Crippen MR) is 54.2 cm³/mol. The Morgan fingerprint density at radius 1 is 1.40 bits per heavy atom. The van der Waals surface area contributed by atoms with Gasteiger partial charge in [0.25, 0.3) is 0 Å². The summed E-state index contributed by atoms with van der Waals surface area (Å²) in [5.41, 5.74) is 0.209. The van der Waals surface area contributed by atoms with Gasteiger partial charge in [-0.05, 0) is 18.3 Å². The molecule has 4 nitrogen and oxygen atoms in total. The lowest BCUT2D eigenvalue weighted by Crippen LogP contribution is -2.03. The second-order valence-electron chi connectivity index (χ2n) is 4.50. The standard InChI is InChI=1S/C11H16O4/c1-6(10(14)15-4)5-7-8(9(12)13)11(7,2)3/h5,7-8H,1-4H3,(H,12,13)/b6-5-. The van der Waals surface area contributed by atoms with Crippen LogP contribution in [0.1, 0.15) is 20.8 Å². The number of esters is 1. The molecular formula is C11H16O4. The SMILES string of the molecule is COC(=O)/C(C)=C\C1C(C(=O)O)C1(C)C. The van der Waals surface area contributed by atoms with Crippen molar-refractivity contribution in [2.45, 2.75) is 20.8 Å². The summed E-state index contributed by atoms with van der Waals surface area (Å²) in [5, 5.41) is 8.92. The van der Waals surface area contributed by atoms with Crippen LogP contribution >= 0.6 is 0 Å². The zero-order valence-electron chi connectivity index (χ0n) is 9.40. The molecule has 1 fully saturated rings. The summed E-state index contributed by atoms with van der Waals surface area (Å²) >= 11 is 0. The minimum atomic E-state index is -0.807. The molecule has 84 valence electrons. The van der Waals surface area contributed by atoms with Crippen LogP contribution in [-0.4, -0.2) is 24.2 Å². The van der Waals surface area contributed by atoms with Crippen LogP contribution in [0.5, 0.6) is 0 Å². The Labute approximate surface area is 88.9 Å². The van der Waals surface area contributed by atoms with Crippen molar-refractivity contribution in [3.8, 4) is 0 Å². The molecule has 0 aromatic heterocycles. The Kier molecular flexibility index (Phi) is 2.88. The predicted octanol–water partition coefficient (Wildman–Crippen LogP) is 1.46. The molecular weight excluding hydrogens is 196 g/mol. The first kappa shape index (κ1) is 11.8. The van der Waals surface area contributed by atoms with Crippen molar-refractivity contribution >= 4 is 11.9 Å². The summed E-state index contributed by atoms with van der Waals surface area (Å²) in [5.74, 6) is -1.67. The van der Waals surface area contributed by atoms with Crippen molar-refractivity contribution in [3.05, 3.63) is 11.6 Å². The first-order valence-corrected chi connectivity index (χ1v) is 4.82. The Morgan fingerprint density at radius 2 is 1.93 bits per heavy atom. The second-order valence-corrected chi connectivity index (χ2v) is 4.50. The van der Waals surface area contributed by atoms with Crippen LogP contribution in [0.3, 0.4) is 0 Å². The maximum absolute atomic E-state index is 11.1. The van der Waals surface area contributed by atoms with E-state index >= 15 is 0 Å². The molecule has 1 aliphatic carbocycles. The number of rotatable bonds is 3. The van der Waals surface area contributed by atoms with E-state index in [4.69, 9.17) is 5.11 Å². The van der Waals surface area contributed by atoms with Crippen LogP contribution < -0.4 is 0 Å². The van der Waals surface area contributed by atoms with E-state index in [0.717, 1.165) is 0 Å². The van der Waals surface area contributed by atoms with Crippen molar-refractivity contribution in [1.29, 1.82) is 0 Å². The summed E-state index contributed by atoms with van der Waals surface area (Å²) in [6.45, 7) is 5.41. The summed E-state index contributed by atoms with van der Waals surface area (Å²) in [6.07, 6.45) is 1.70. The third-order valence-corrected chi connectivity index (χ3v) is 3.11.